The Morgan fingerprint density at radius 3 is 2.19 bits per heavy atom. The molecule has 0 aromatic heterocycles. The number of carbonyl (C=O) groups is 1. The van der Waals surface area contributed by atoms with Gasteiger partial charge in [0.05, 0.1) is 18.3 Å². The highest BCUT2D eigenvalue weighted by atomic mass is 79.9. The van der Waals surface area contributed by atoms with Gasteiger partial charge in [-0.05, 0) is 61.2 Å². The Hall–Kier alpha value is -0.915. The van der Waals surface area contributed by atoms with E-state index in [2.05, 4.69) is 20.7 Å². The molecule has 0 N–H and O–H groups in total. The average Bonchev–Trinajstić information content (AvgIpc) is 2.57. The highest BCUT2D eigenvalue weighted by Crippen LogP contribution is 2.36. The number of methoxy groups -OCH3 is 1. The zero-order valence-corrected chi connectivity index (χ0v) is 14.2. The van der Waals surface area contributed by atoms with Gasteiger partial charge in [0, 0.05) is 4.47 Å². The van der Waals surface area contributed by atoms with Crippen molar-refractivity contribution in [3.05, 3.63) is 28.0 Å². The van der Waals surface area contributed by atoms with Gasteiger partial charge in [0.25, 0.3) is 0 Å². The second-order valence-corrected chi connectivity index (χ2v) is 6.79. The second kappa shape index (κ2) is 5.37. The molecule has 0 amide bonds. The number of carbonyl (C=O) groups excluding carboxylic acids is 1. The Morgan fingerprint density at radius 1 is 1.24 bits per heavy atom. The van der Waals surface area contributed by atoms with Crippen LogP contribution in [0.25, 0.3) is 0 Å². The van der Waals surface area contributed by atoms with Crippen LogP contribution in [0.5, 0.6) is 0 Å². The minimum absolute atomic E-state index is 0.141. The highest BCUT2D eigenvalue weighted by Gasteiger charge is 2.51. The summed E-state index contributed by atoms with van der Waals surface area (Å²) < 4.78 is 30.7. The van der Waals surface area contributed by atoms with Crippen molar-refractivity contribution < 1.29 is 23.2 Å². The molecule has 7 heteroatoms. The predicted octanol–water partition coefficient (Wildman–Crippen LogP) is 2.67. The van der Waals surface area contributed by atoms with E-state index in [1.165, 1.54) is 13.2 Å². The summed E-state index contributed by atoms with van der Waals surface area (Å²) in [5.74, 6) is -1.42. The Bertz CT molecular complexity index is 549. The number of halogens is 2. The van der Waals surface area contributed by atoms with E-state index >= 15 is 0 Å². The minimum atomic E-state index is -0.736. The SMILES string of the molecule is COC(=O)c1c(F)cc(B2OC(C)(C)C(C)(C)O2)cc1Br. The van der Waals surface area contributed by atoms with E-state index in [4.69, 9.17) is 9.31 Å². The van der Waals surface area contributed by atoms with Crippen LogP contribution in [0, 0.1) is 5.82 Å². The number of hydrogen-bond acceptors (Lipinski definition) is 4. The molecule has 1 fully saturated rings. The molecule has 1 aromatic carbocycles. The van der Waals surface area contributed by atoms with Crippen LogP contribution in [0.15, 0.2) is 16.6 Å². The molecule has 114 valence electrons. The summed E-state index contributed by atoms with van der Waals surface area (Å²) in [6, 6.07) is 2.84. The molecule has 2 rings (SSSR count). The third-order valence-corrected chi connectivity index (χ3v) is 4.60. The van der Waals surface area contributed by atoms with E-state index in [0.717, 1.165) is 0 Å². The summed E-state index contributed by atoms with van der Waals surface area (Å²) >= 11 is 3.19. The van der Waals surface area contributed by atoms with Crippen molar-refractivity contribution in [3.8, 4) is 0 Å². The van der Waals surface area contributed by atoms with E-state index in [9.17, 15) is 9.18 Å². The second-order valence-electron chi connectivity index (χ2n) is 5.94. The van der Waals surface area contributed by atoms with Gasteiger partial charge in [-0.15, -0.1) is 0 Å². The first-order valence-electron chi connectivity index (χ1n) is 6.52. The van der Waals surface area contributed by atoms with Crippen molar-refractivity contribution in [3.63, 3.8) is 0 Å². The van der Waals surface area contributed by atoms with Crippen LogP contribution in [0.3, 0.4) is 0 Å². The third kappa shape index (κ3) is 2.87. The van der Waals surface area contributed by atoms with Crippen LogP contribution in [0.1, 0.15) is 38.1 Å². The first-order chi connectivity index (χ1) is 9.59. The molecule has 0 unspecified atom stereocenters. The lowest BCUT2D eigenvalue weighted by atomic mass is 9.78. The van der Waals surface area contributed by atoms with Crippen LogP contribution < -0.4 is 5.46 Å². The van der Waals surface area contributed by atoms with Crippen molar-refractivity contribution in [1.29, 1.82) is 0 Å². The van der Waals surface area contributed by atoms with Gasteiger partial charge >= 0.3 is 13.1 Å². The molecule has 1 heterocycles. The molecule has 0 saturated carbocycles. The normalized spacial score (nSPS) is 19.7. The number of hydrogen-bond donors (Lipinski definition) is 0. The molecular weight excluding hydrogens is 342 g/mol. The van der Waals surface area contributed by atoms with Crippen molar-refractivity contribution in [2.75, 3.05) is 7.11 Å². The van der Waals surface area contributed by atoms with E-state index in [0.29, 0.717) is 9.94 Å². The molecule has 1 aliphatic heterocycles. The maximum absolute atomic E-state index is 14.1. The summed E-state index contributed by atoms with van der Waals surface area (Å²) in [6.07, 6.45) is 0. The van der Waals surface area contributed by atoms with Gasteiger partial charge in [0.1, 0.15) is 11.4 Å². The van der Waals surface area contributed by atoms with Crippen molar-refractivity contribution in [2.24, 2.45) is 0 Å². The van der Waals surface area contributed by atoms with Crippen LogP contribution in [0.2, 0.25) is 0 Å². The molecule has 4 nitrogen and oxygen atoms in total. The molecule has 0 atom stereocenters. The van der Waals surface area contributed by atoms with Crippen LogP contribution in [0.4, 0.5) is 4.39 Å². The molecule has 0 radical (unpaired) electrons. The van der Waals surface area contributed by atoms with E-state index in [1.807, 2.05) is 27.7 Å². The zero-order chi connectivity index (χ0) is 16.0. The van der Waals surface area contributed by atoms with Gasteiger partial charge in [0.2, 0.25) is 0 Å². The van der Waals surface area contributed by atoms with Crippen molar-refractivity contribution in [1.82, 2.24) is 0 Å². The maximum Gasteiger partial charge on any atom is 0.494 e. The largest absolute Gasteiger partial charge is 0.494 e. The lowest BCUT2D eigenvalue weighted by Crippen LogP contribution is -2.41. The van der Waals surface area contributed by atoms with E-state index in [1.54, 1.807) is 6.07 Å². The molecule has 1 aromatic rings. The molecule has 0 spiro atoms. The molecule has 21 heavy (non-hydrogen) atoms. The van der Waals surface area contributed by atoms with Gasteiger partial charge < -0.3 is 14.0 Å². The molecule has 1 saturated heterocycles. The average molecular weight is 359 g/mol. The van der Waals surface area contributed by atoms with E-state index in [-0.39, 0.29) is 5.56 Å². The summed E-state index contributed by atoms with van der Waals surface area (Å²) in [5.41, 5.74) is -0.660. The quantitative estimate of drug-likeness (QED) is 0.602. The van der Waals surface area contributed by atoms with Crippen molar-refractivity contribution >= 4 is 34.5 Å². The molecular formula is C14H17BBrFO4. The number of esters is 1. The number of rotatable bonds is 2. The fourth-order valence-corrected chi connectivity index (χ4v) is 2.62. The summed E-state index contributed by atoms with van der Waals surface area (Å²) in [4.78, 5) is 11.5. The fraction of sp³-hybridized carbons (Fsp3) is 0.500. The van der Waals surface area contributed by atoms with Gasteiger partial charge in [-0.2, -0.15) is 0 Å². The molecule has 0 aliphatic carbocycles. The predicted molar refractivity (Wildman–Crippen MR) is 81.2 cm³/mol. The van der Waals surface area contributed by atoms with Gasteiger partial charge in [0.15, 0.2) is 0 Å². The van der Waals surface area contributed by atoms with Gasteiger partial charge in [-0.1, -0.05) is 0 Å². The van der Waals surface area contributed by atoms with Crippen LogP contribution in [-0.4, -0.2) is 31.4 Å². The topological polar surface area (TPSA) is 44.8 Å². The zero-order valence-electron chi connectivity index (χ0n) is 12.6. The molecule has 0 bridgehead atoms. The Morgan fingerprint density at radius 2 is 1.76 bits per heavy atom. The minimum Gasteiger partial charge on any atom is -0.465 e. The van der Waals surface area contributed by atoms with Gasteiger partial charge in [-0.3, -0.25) is 0 Å². The first-order valence-corrected chi connectivity index (χ1v) is 7.31. The Kier molecular flexibility index (Phi) is 4.21. The standard InChI is InChI=1S/C14H17BBrFO4/c1-13(2)14(3,4)21-15(20-13)8-6-9(16)11(10(17)7-8)12(18)19-5/h6-7H,1-5H3. The summed E-state index contributed by atoms with van der Waals surface area (Å²) in [6.45, 7) is 7.67. The Labute approximate surface area is 132 Å². The highest BCUT2D eigenvalue weighted by molar-refractivity contribution is 9.10. The lowest BCUT2D eigenvalue weighted by molar-refractivity contribution is 0.00578. The third-order valence-electron chi connectivity index (χ3n) is 3.98. The molecule has 1 aliphatic rings. The smallest absolute Gasteiger partial charge is 0.465 e. The first kappa shape index (κ1) is 16.5. The van der Waals surface area contributed by atoms with Crippen molar-refractivity contribution in [2.45, 2.75) is 38.9 Å². The monoisotopic (exact) mass is 358 g/mol. The number of benzene rings is 1. The summed E-state index contributed by atoms with van der Waals surface area (Å²) in [5, 5.41) is 0. The maximum atomic E-state index is 14.1. The fourth-order valence-electron chi connectivity index (χ4n) is 2.01. The Balaban J connectivity index is 2.38. The van der Waals surface area contributed by atoms with Crippen LogP contribution >= 0.6 is 15.9 Å². The summed E-state index contributed by atoms with van der Waals surface area (Å²) in [7, 11) is 0.517. The van der Waals surface area contributed by atoms with Crippen LogP contribution in [-0.2, 0) is 14.0 Å². The number of ether oxygens (including phenoxy) is 1. The van der Waals surface area contributed by atoms with Gasteiger partial charge in [-0.25, -0.2) is 9.18 Å². The lowest BCUT2D eigenvalue weighted by Gasteiger charge is -2.32. The van der Waals surface area contributed by atoms with E-state index < -0.39 is 30.1 Å².